The minimum atomic E-state index is 0.760. The van der Waals surface area contributed by atoms with E-state index < -0.39 is 0 Å². The average Bonchev–Trinajstić information content (AvgIpc) is 2.57. The highest BCUT2D eigenvalue weighted by atomic mass is 32.2. The van der Waals surface area contributed by atoms with E-state index in [0.29, 0.717) is 0 Å². The number of hydrogen-bond donors (Lipinski definition) is 1. The molecule has 0 aliphatic carbocycles. The van der Waals surface area contributed by atoms with Crippen LogP contribution in [0.15, 0.2) is 0 Å². The molecule has 0 bridgehead atoms. The summed E-state index contributed by atoms with van der Waals surface area (Å²) in [7, 11) is 0. The molecule has 2 nitrogen and oxygen atoms in total. The molecule has 0 amide bonds. The van der Waals surface area contributed by atoms with Crippen molar-refractivity contribution in [3.05, 3.63) is 0 Å². The highest BCUT2D eigenvalue weighted by molar-refractivity contribution is 7.99. The number of piperidine rings is 1. The Labute approximate surface area is 85.4 Å². The van der Waals surface area contributed by atoms with Gasteiger partial charge in [-0.05, 0) is 25.3 Å². The van der Waals surface area contributed by atoms with Gasteiger partial charge in [0.2, 0.25) is 0 Å². The Kier molecular flexibility index (Phi) is 3.52. The summed E-state index contributed by atoms with van der Waals surface area (Å²) in [6.07, 6.45) is 2.84. The van der Waals surface area contributed by atoms with Gasteiger partial charge in [0.05, 0.1) is 0 Å². The van der Waals surface area contributed by atoms with Crippen molar-refractivity contribution in [1.29, 1.82) is 0 Å². The Morgan fingerprint density at radius 2 is 2.46 bits per heavy atom. The largest absolute Gasteiger partial charge is 0.303 e. The molecule has 1 N–H and O–H groups in total. The van der Waals surface area contributed by atoms with Crippen LogP contribution in [0.3, 0.4) is 0 Å². The van der Waals surface area contributed by atoms with Crippen LogP contribution < -0.4 is 5.32 Å². The molecule has 0 aromatic carbocycles. The highest BCUT2D eigenvalue weighted by Crippen LogP contribution is 2.17. The highest BCUT2D eigenvalue weighted by Gasteiger charge is 2.21. The van der Waals surface area contributed by atoms with Gasteiger partial charge in [0, 0.05) is 30.8 Å². The van der Waals surface area contributed by atoms with Gasteiger partial charge in [-0.15, -0.1) is 11.8 Å². The monoisotopic (exact) mass is 200 g/mol. The quantitative estimate of drug-likeness (QED) is 0.725. The van der Waals surface area contributed by atoms with Gasteiger partial charge in [-0.1, -0.05) is 6.92 Å². The third-order valence-corrected chi connectivity index (χ3v) is 4.02. The SMILES string of the molecule is CC1CCCN(CC2CSCN2)C1. The standard InChI is InChI=1S/C10H20N2S/c1-9-3-2-4-12(5-9)6-10-7-13-8-11-10/h9-11H,2-8H2,1H3. The van der Waals surface area contributed by atoms with E-state index in [1.807, 2.05) is 11.8 Å². The van der Waals surface area contributed by atoms with Crippen molar-refractivity contribution in [1.82, 2.24) is 10.2 Å². The van der Waals surface area contributed by atoms with E-state index in [0.717, 1.165) is 17.8 Å². The fourth-order valence-corrected chi connectivity index (χ4v) is 3.30. The number of thioether (sulfide) groups is 1. The summed E-state index contributed by atoms with van der Waals surface area (Å²) in [5.41, 5.74) is 0. The summed E-state index contributed by atoms with van der Waals surface area (Å²) in [6.45, 7) is 6.30. The van der Waals surface area contributed by atoms with Crippen LogP contribution in [0.1, 0.15) is 19.8 Å². The average molecular weight is 200 g/mol. The first-order valence-corrected chi connectivity index (χ1v) is 6.53. The lowest BCUT2D eigenvalue weighted by molar-refractivity contribution is 0.173. The molecule has 0 aromatic heterocycles. The van der Waals surface area contributed by atoms with Crippen LogP contribution in [0.4, 0.5) is 0 Å². The lowest BCUT2D eigenvalue weighted by Crippen LogP contribution is -2.43. The first-order chi connectivity index (χ1) is 6.34. The van der Waals surface area contributed by atoms with Gasteiger partial charge >= 0.3 is 0 Å². The normalized spacial score (nSPS) is 36.7. The minimum Gasteiger partial charge on any atom is -0.303 e. The first kappa shape index (κ1) is 9.81. The van der Waals surface area contributed by atoms with Gasteiger partial charge in [0.1, 0.15) is 0 Å². The summed E-state index contributed by atoms with van der Waals surface area (Å²) in [5.74, 6) is 3.39. The fraction of sp³-hybridized carbons (Fsp3) is 1.00. The Balaban J connectivity index is 1.73. The maximum Gasteiger partial charge on any atom is 0.0421 e. The van der Waals surface area contributed by atoms with Crippen molar-refractivity contribution in [3.8, 4) is 0 Å². The number of likely N-dealkylation sites (tertiary alicyclic amines) is 1. The molecule has 2 unspecified atom stereocenters. The smallest absolute Gasteiger partial charge is 0.0421 e. The predicted molar refractivity (Wildman–Crippen MR) is 59.1 cm³/mol. The molecule has 3 heteroatoms. The van der Waals surface area contributed by atoms with Gasteiger partial charge in [0.25, 0.3) is 0 Å². The fourth-order valence-electron chi connectivity index (χ4n) is 2.32. The molecule has 2 aliphatic rings. The molecule has 76 valence electrons. The Bertz CT molecular complexity index is 157. The zero-order valence-corrected chi connectivity index (χ0v) is 9.28. The van der Waals surface area contributed by atoms with E-state index >= 15 is 0 Å². The summed E-state index contributed by atoms with van der Waals surface area (Å²) in [4.78, 5) is 2.64. The molecule has 0 aromatic rings. The molecule has 2 heterocycles. The molecular weight excluding hydrogens is 180 g/mol. The first-order valence-electron chi connectivity index (χ1n) is 5.38. The van der Waals surface area contributed by atoms with Crippen molar-refractivity contribution in [2.75, 3.05) is 31.3 Å². The third kappa shape index (κ3) is 2.86. The molecular formula is C10H20N2S. The van der Waals surface area contributed by atoms with E-state index in [1.165, 1.54) is 38.2 Å². The van der Waals surface area contributed by atoms with Crippen LogP contribution in [0.5, 0.6) is 0 Å². The number of rotatable bonds is 2. The molecule has 13 heavy (non-hydrogen) atoms. The summed E-state index contributed by atoms with van der Waals surface area (Å²) in [6, 6.07) is 0.760. The van der Waals surface area contributed by atoms with E-state index in [-0.39, 0.29) is 0 Å². The van der Waals surface area contributed by atoms with Crippen molar-refractivity contribution >= 4 is 11.8 Å². The number of nitrogens with one attached hydrogen (secondary N) is 1. The van der Waals surface area contributed by atoms with Crippen molar-refractivity contribution < 1.29 is 0 Å². The van der Waals surface area contributed by atoms with E-state index in [2.05, 4.69) is 17.1 Å². The molecule has 0 saturated carbocycles. The number of hydrogen-bond acceptors (Lipinski definition) is 3. The maximum absolute atomic E-state index is 3.54. The van der Waals surface area contributed by atoms with Gasteiger partial charge in [-0.25, -0.2) is 0 Å². The van der Waals surface area contributed by atoms with Gasteiger partial charge in [0.15, 0.2) is 0 Å². The van der Waals surface area contributed by atoms with E-state index in [4.69, 9.17) is 0 Å². The lowest BCUT2D eigenvalue weighted by atomic mass is 10.00. The molecule has 2 atom stereocenters. The molecule has 0 spiro atoms. The van der Waals surface area contributed by atoms with Crippen LogP contribution in [-0.2, 0) is 0 Å². The minimum absolute atomic E-state index is 0.760. The Morgan fingerprint density at radius 3 is 3.15 bits per heavy atom. The van der Waals surface area contributed by atoms with Crippen molar-refractivity contribution in [2.24, 2.45) is 5.92 Å². The van der Waals surface area contributed by atoms with Crippen LogP contribution in [0, 0.1) is 5.92 Å². The zero-order valence-electron chi connectivity index (χ0n) is 8.46. The second kappa shape index (κ2) is 4.67. The number of nitrogens with zero attached hydrogens (tertiary/aromatic N) is 1. The zero-order chi connectivity index (χ0) is 9.10. The van der Waals surface area contributed by atoms with Crippen LogP contribution in [0.25, 0.3) is 0 Å². The second-order valence-electron chi connectivity index (χ2n) is 4.42. The lowest BCUT2D eigenvalue weighted by Gasteiger charge is -2.32. The van der Waals surface area contributed by atoms with Crippen molar-refractivity contribution in [3.63, 3.8) is 0 Å². The van der Waals surface area contributed by atoms with E-state index in [9.17, 15) is 0 Å². The van der Waals surface area contributed by atoms with Crippen LogP contribution in [-0.4, -0.2) is 42.2 Å². The van der Waals surface area contributed by atoms with Gasteiger partial charge in [-0.3, -0.25) is 0 Å². The Morgan fingerprint density at radius 1 is 1.54 bits per heavy atom. The molecule has 2 saturated heterocycles. The predicted octanol–water partition coefficient (Wildman–Crippen LogP) is 1.38. The molecule has 2 fully saturated rings. The topological polar surface area (TPSA) is 15.3 Å². The van der Waals surface area contributed by atoms with Gasteiger partial charge in [-0.2, -0.15) is 0 Å². The molecule has 0 radical (unpaired) electrons. The van der Waals surface area contributed by atoms with Crippen molar-refractivity contribution in [2.45, 2.75) is 25.8 Å². The molecule has 2 rings (SSSR count). The van der Waals surface area contributed by atoms with E-state index in [1.54, 1.807) is 0 Å². The summed E-state index contributed by atoms with van der Waals surface area (Å²) < 4.78 is 0. The maximum atomic E-state index is 3.54. The third-order valence-electron chi connectivity index (χ3n) is 3.01. The molecule has 2 aliphatic heterocycles. The van der Waals surface area contributed by atoms with Crippen LogP contribution in [0.2, 0.25) is 0 Å². The van der Waals surface area contributed by atoms with Gasteiger partial charge < -0.3 is 10.2 Å². The summed E-state index contributed by atoms with van der Waals surface area (Å²) >= 11 is 2.03. The Hall–Kier alpha value is 0.270. The summed E-state index contributed by atoms with van der Waals surface area (Å²) in [5, 5.41) is 3.54. The van der Waals surface area contributed by atoms with Crippen LogP contribution >= 0.6 is 11.8 Å². The second-order valence-corrected chi connectivity index (χ2v) is 5.45.